The molecular weight excluding hydrogens is 347 g/mol. The third-order valence-electron chi connectivity index (χ3n) is 3.32. The second-order valence-electron chi connectivity index (χ2n) is 5.27. The Morgan fingerprint density at radius 1 is 1.27 bits per heavy atom. The number of benzene rings is 2. The molecule has 0 fully saturated rings. The van der Waals surface area contributed by atoms with Gasteiger partial charge in [0.05, 0.1) is 12.2 Å². The quantitative estimate of drug-likeness (QED) is 0.870. The van der Waals surface area contributed by atoms with Gasteiger partial charge in [-0.1, -0.05) is 40.2 Å². The van der Waals surface area contributed by atoms with E-state index < -0.39 is 5.82 Å². The SMILES string of the molecule is Cc1ccccc1CN(C)CC(=O)Nc1ccc(Br)cc1F. The summed E-state index contributed by atoms with van der Waals surface area (Å²) in [6.45, 7) is 2.91. The topological polar surface area (TPSA) is 32.3 Å². The van der Waals surface area contributed by atoms with Gasteiger partial charge in [0.2, 0.25) is 5.91 Å². The lowest BCUT2D eigenvalue weighted by atomic mass is 10.1. The Hall–Kier alpha value is -1.72. The first-order valence-electron chi connectivity index (χ1n) is 6.93. The lowest BCUT2D eigenvalue weighted by Gasteiger charge is -2.17. The molecule has 0 saturated heterocycles. The van der Waals surface area contributed by atoms with Crippen LogP contribution in [-0.2, 0) is 11.3 Å². The number of carbonyl (C=O) groups is 1. The number of hydrogen-bond donors (Lipinski definition) is 1. The van der Waals surface area contributed by atoms with Gasteiger partial charge in [0.25, 0.3) is 0 Å². The van der Waals surface area contributed by atoms with Gasteiger partial charge in [0.15, 0.2) is 0 Å². The first-order valence-corrected chi connectivity index (χ1v) is 7.73. The van der Waals surface area contributed by atoms with E-state index >= 15 is 0 Å². The predicted octanol–water partition coefficient (Wildman–Crippen LogP) is 3.97. The summed E-state index contributed by atoms with van der Waals surface area (Å²) in [7, 11) is 1.87. The van der Waals surface area contributed by atoms with Crippen LogP contribution >= 0.6 is 15.9 Å². The fourth-order valence-corrected chi connectivity index (χ4v) is 2.49. The molecule has 0 aliphatic carbocycles. The molecule has 2 rings (SSSR count). The number of aryl methyl sites for hydroxylation is 1. The van der Waals surface area contributed by atoms with Crippen molar-refractivity contribution in [1.82, 2.24) is 4.90 Å². The molecule has 0 aliphatic heterocycles. The molecule has 0 bridgehead atoms. The van der Waals surface area contributed by atoms with E-state index in [9.17, 15) is 9.18 Å². The Morgan fingerprint density at radius 3 is 2.68 bits per heavy atom. The molecule has 0 radical (unpaired) electrons. The Labute approximate surface area is 138 Å². The van der Waals surface area contributed by atoms with Crippen LogP contribution in [0.1, 0.15) is 11.1 Å². The molecule has 0 aliphatic rings. The van der Waals surface area contributed by atoms with E-state index in [-0.39, 0.29) is 18.1 Å². The van der Waals surface area contributed by atoms with Crippen LogP contribution in [0.15, 0.2) is 46.9 Å². The molecule has 1 N–H and O–H groups in total. The van der Waals surface area contributed by atoms with E-state index in [0.717, 1.165) is 0 Å². The minimum atomic E-state index is -0.454. The van der Waals surface area contributed by atoms with Crippen LogP contribution in [0.3, 0.4) is 0 Å². The molecule has 2 aromatic rings. The highest BCUT2D eigenvalue weighted by Crippen LogP contribution is 2.19. The van der Waals surface area contributed by atoms with Gasteiger partial charge in [-0.2, -0.15) is 0 Å². The number of halogens is 2. The van der Waals surface area contributed by atoms with Crippen LogP contribution in [0, 0.1) is 12.7 Å². The van der Waals surface area contributed by atoms with Crippen LogP contribution in [0.2, 0.25) is 0 Å². The Kier molecular flexibility index (Phi) is 5.69. The van der Waals surface area contributed by atoms with Crippen molar-refractivity contribution >= 4 is 27.5 Å². The largest absolute Gasteiger partial charge is 0.322 e. The van der Waals surface area contributed by atoms with Crippen molar-refractivity contribution in [2.75, 3.05) is 18.9 Å². The van der Waals surface area contributed by atoms with E-state index in [1.165, 1.54) is 17.2 Å². The van der Waals surface area contributed by atoms with E-state index in [4.69, 9.17) is 0 Å². The first-order chi connectivity index (χ1) is 10.5. The summed E-state index contributed by atoms with van der Waals surface area (Å²) in [6, 6.07) is 12.6. The van der Waals surface area contributed by atoms with E-state index in [0.29, 0.717) is 11.0 Å². The summed E-state index contributed by atoms with van der Waals surface area (Å²) in [5, 5.41) is 2.59. The highest BCUT2D eigenvalue weighted by molar-refractivity contribution is 9.10. The van der Waals surface area contributed by atoms with Crippen LogP contribution in [-0.4, -0.2) is 24.4 Å². The highest BCUT2D eigenvalue weighted by atomic mass is 79.9. The van der Waals surface area contributed by atoms with E-state index in [1.807, 2.05) is 43.1 Å². The van der Waals surface area contributed by atoms with Gasteiger partial charge in [0, 0.05) is 11.0 Å². The Bertz CT molecular complexity index is 675. The number of carbonyl (C=O) groups excluding carboxylic acids is 1. The number of nitrogens with zero attached hydrogens (tertiary/aromatic N) is 1. The summed E-state index contributed by atoms with van der Waals surface area (Å²) in [5.41, 5.74) is 2.55. The van der Waals surface area contributed by atoms with Gasteiger partial charge >= 0.3 is 0 Å². The predicted molar refractivity (Wildman–Crippen MR) is 90.2 cm³/mol. The first kappa shape index (κ1) is 16.6. The maximum absolute atomic E-state index is 13.7. The van der Waals surface area contributed by atoms with Crippen molar-refractivity contribution in [1.29, 1.82) is 0 Å². The van der Waals surface area contributed by atoms with Crippen LogP contribution in [0.5, 0.6) is 0 Å². The fourth-order valence-electron chi connectivity index (χ4n) is 2.16. The van der Waals surface area contributed by atoms with Crippen molar-refractivity contribution in [3.8, 4) is 0 Å². The monoisotopic (exact) mass is 364 g/mol. The molecule has 0 heterocycles. The lowest BCUT2D eigenvalue weighted by molar-refractivity contribution is -0.117. The zero-order valence-electron chi connectivity index (χ0n) is 12.6. The number of likely N-dealkylation sites (N-methyl/N-ethyl adjacent to an activating group) is 1. The average molecular weight is 365 g/mol. The summed E-state index contributed by atoms with van der Waals surface area (Å²) in [4.78, 5) is 13.9. The molecular formula is C17H18BrFN2O. The smallest absolute Gasteiger partial charge is 0.238 e. The normalized spacial score (nSPS) is 10.8. The zero-order valence-corrected chi connectivity index (χ0v) is 14.2. The molecule has 116 valence electrons. The third-order valence-corrected chi connectivity index (χ3v) is 3.81. The van der Waals surface area contributed by atoms with Crippen LogP contribution in [0.4, 0.5) is 10.1 Å². The maximum Gasteiger partial charge on any atom is 0.238 e. The molecule has 0 saturated carbocycles. The number of anilines is 1. The molecule has 0 atom stereocenters. The summed E-state index contributed by atoms with van der Waals surface area (Å²) < 4.78 is 14.3. The molecule has 2 aromatic carbocycles. The highest BCUT2D eigenvalue weighted by Gasteiger charge is 2.11. The van der Waals surface area contributed by atoms with Crippen LogP contribution in [0.25, 0.3) is 0 Å². The standard InChI is InChI=1S/C17H18BrFN2O/c1-12-5-3-4-6-13(12)10-21(2)11-17(22)20-16-8-7-14(18)9-15(16)19/h3-9H,10-11H2,1-2H3,(H,20,22). The average Bonchev–Trinajstić information content (AvgIpc) is 2.44. The molecule has 5 heteroatoms. The van der Waals surface area contributed by atoms with Gasteiger partial charge < -0.3 is 5.32 Å². The molecule has 0 unspecified atom stereocenters. The van der Waals surface area contributed by atoms with Crippen molar-refractivity contribution in [3.63, 3.8) is 0 Å². The molecule has 3 nitrogen and oxygen atoms in total. The second-order valence-corrected chi connectivity index (χ2v) is 6.19. The maximum atomic E-state index is 13.7. The molecule has 22 heavy (non-hydrogen) atoms. The zero-order chi connectivity index (χ0) is 16.1. The Morgan fingerprint density at radius 2 is 2.00 bits per heavy atom. The van der Waals surface area contributed by atoms with Crippen molar-refractivity contribution in [2.24, 2.45) is 0 Å². The van der Waals surface area contributed by atoms with Gasteiger partial charge in [-0.25, -0.2) is 4.39 Å². The minimum Gasteiger partial charge on any atom is -0.322 e. The number of rotatable bonds is 5. The third kappa shape index (κ3) is 4.64. The van der Waals surface area contributed by atoms with Gasteiger partial charge in [0.1, 0.15) is 5.82 Å². The fraction of sp³-hybridized carbons (Fsp3) is 0.235. The number of amides is 1. The van der Waals surface area contributed by atoms with E-state index in [1.54, 1.807) is 12.1 Å². The molecule has 0 aromatic heterocycles. The van der Waals surface area contributed by atoms with Crippen LogP contribution < -0.4 is 5.32 Å². The second kappa shape index (κ2) is 7.51. The van der Waals surface area contributed by atoms with Gasteiger partial charge in [-0.3, -0.25) is 9.69 Å². The van der Waals surface area contributed by atoms with Crippen molar-refractivity contribution in [2.45, 2.75) is 13.5 Å². The summed E-state index contributed by atoms with van der Waals surface area (Å²) >= 11 is 3.19. The summed E-state index contributed by atoms with van der Waals surface area (Å²) in [5.74, 6) is -0.693. The lowest BCUT2D eigenvalue weighted by Crippen LogP contribution is -2.30. The molecule has 0 spiro atoms. The van der Waals surface area contributed by atoms with E-state index in [2.05, 4.69) is 21.2 Å². The van der Waals surface area contributed by atoms with Crippen molar-refractivity contribution in [3.05, 3.63) is 63.9 Å². The summed E-state index contributed by atoms with van der Waals surface area (Å²) in [6.07, 6.45) is 0. The van der Waals surface area contributed by atoms with Crippen molar-refractivity contribution < 1.29 is 9.18 Å². The molecule has 1 amide bonds. The Balaban J connectivity index is 1.93. The number of hydrogen-bond acceptors (Lipinski definition) is 2. The van der Waals surface area contributed by atoms with Gasteiger partial charge in [-0.05, 0) is 43.3 Å². The van der Waals surface area contributed by atoms with Gasteiger partial charge in [-0.15, -0.1) is 0 Å². The minimum absolute atomic E-state index is 0.192. The number of nitrogens with one attached hydrogen (secondary N) is 1.